The number of amides is 1. The van der Waals surface area contributed by atoms with Crippen LogP contribution in [0.25, 0.3) is 0 Å². The van der Waals surface area contributed by atoms with Crippen molar-refractivity contribution in [2.45, 2.75) is 39.8 Å². The summed E-state index contributed by atoms with van der Waals surface area (Å²) >= 11 is 0. The van der Waals surface area contributed by atoms with Crippen molar-refractivity contribution in [3.8, 4) is 0 Å². The van der Waals surface area contributed by atoms with Crippen LogP contribution >= 0.6 is 0 Å². The van der Waals surface area contributed by atoms with Crippen LogP contribution in [0.5, 0.6) is 0 Å². The highest BCUT2D eigenvalue weighted by Crippen LogP contribution is 2.03. The summed E-state index contributed by atoms with van der Waals surface area (Å²) in [5.41, 5.74) is 0.747. The van der Waals surface area contributed by atoms with E-state index in [2.05, 4.69) is 31.4 Å². The second-order valence-corrected chi connectivity index (χ2v) is 4.45. The average Bonchev–Trinajstić information content (AvgIpc) is 2.72. The molecule has 0 atom stereocenters. The number of nitrogens with one attached hydrogen (secondary N) is 2. The summed E-state index contributed by atoms with van der Waals surface area (Å²) in [5, 5.41) is 6.18. The van der Waals surface area contributed by atoms with Gasteiger partial charge in [0.2, 0.25) is 0 Å². The number of nitrogens with zero attached hydrogens (tertiary/aromatic N) is 1. The van der Waals surface area contributed by atoms with Crippen LogP contribution in [0, 0.1) is 0 Å². The van der Waals surface area contributed by atoms with Crippen molar-refractivity contribution in [2.24, 2.45) is 0 Å². The largest absolute Gasteiger partial charge is 0.349 e. The maximum absolute atomic E-state index is 11.9. The Balaban J connectivity index is 2.38. The standard InChI is InChI=1S/C13H23N3O/c1-4-9-16-10-5-6-12(16)13(17)15-8-7-14-11(2)3/h5-6,10-11,14H,4,7-9H2,1-3H3,(H,15,17). The van der Waals surface area contributed by atoms with E-state index in [9.17, 15) is 4.79 Å². The molecular weight excluding hydrogens is 214 g/mol. The van der Waals surface area contributed by atoms with Crippen LogP contribution in [0.4, 0.5) is 0 Å². The SMILES string of the molecule is CCCn1cccc1C(=O)NCCNC(C)C. The van der Waals surface area contributed by atoms with E-state index in [1.165, 1.54) is 0 Å². The van der Waals surface area contributed by atoms with Crippen molar-refractivity contribution in [1.82, 2.24) is 15.2 Å². The number of hydrogen-bond acceptors (Lipinski definition) is 2. The van der Waals surface area contributed by atoms with Gasteiger partial charge in [0.05, 0.1) is 0 Å². The fraction of sp³-hybridized carbons (Fsp3) is 0.615. The van der Waals surface area contributed by atoms with E-state index >= 15 is 0 Å². The Bertz CT molecular complexity index is 344. The molecule has 1 aromatic heterocycles. The van der Waals surface area contributed by atoms with E-state index in [4.69, 9.17) is 0 Å². The maximum Gasteiger partial charge on any atom is 0.267 e. The summed E-state index contributed by atoms with van der Waals surface area (Å²) in [7, 11) is 0. The van der Waals surface area contributed by atoms with Crippen LogP contribution < -0.4 is 10.6 Å². The predicted octanol–water partition coefficient (Wildman–Crippen LogP) is 1.63. The molecule has 1 heterocycles. The number of hydrogen-bond donors (Lipinski definition) is 2. The van der Waals surface area contributed by atoms with Gasteiger partial charge in [0.1, 0.15) is 5.69 Å². The number of aryl methyl sites for hydroxylation is 1. The van der Waals surface area contributed by atoms with Gasteiger partial charge in [-0.05, 0) is 18.6 Å². The van der Waals surface area contributed by atoms with Gasteiger partial charge in [0, 0.05) is 31.9 Å². The quantitative estimate of drug-likeness (QED) is 0.708. The third-order valence-corrected chi connectivity index (χ3v) is 2.49. The minimum atomic E-state index is 0.00834. The molecule has 0 aliphatic heterocycles. The zero-order valence-corrected chi connectivity index (χ0v) is 11.0. The Morgan fingerprint density at radius 2 is 2.18 bits per heavy atom. The fourth-order valence-corrected chi connectivity index (χ4v) is 1.68. The summed E-state index contributed by atoms with van der Waals surface area (Å²) in [5.74, 6) is 0.00834. The lowest BCUT2D eigenvalue weighted by atomic mass is 10.3. The predicted molar refractivity (Wildman–Crippen MR) is 70.2 cm³/mol. The first-order chi connectivity index (χ1) is 8.15. The minimum Gasteiger partial charge on any atom is -0.349 e. The van der Waals surface area contributed by atoms with Gasteiger partial charge < -0.3 is 15.2 Å². The smallest absolute Gasteiger partial charge is 0.267 e. The number of carbonyl (C=O) groups is 1. The van der Waals surface area contributed by atoms with E-state index in [0.29, 0.717) is 12.6 Å². The van der Waals surface area contributed by atoms with Crippen molar-refractivity contribution in [1.29, 1.82) is 0 Å². The molecule has 0 fully saturated rings. The molecule has 0 radical (unpaired) electrons. The second-order valence-electron chi connectivity index (χ2n) is 4.45. The Hall–Kier alpha value is -1.29. The molecule has 0 aliphatic carbocycles. The summed E-state index contributed by atoms with van der Waals surface area (Å²) in [6.45, 7) is 8.64. The third kappa shape index (κ3) is 4.61. The van der Waals surface area contributed by atoms with Gasteiger partial charge in [-0.15, -0.1) is 0 Å². The number of rotatable bonds is 7. The lowest BCUT2D eigenvalue weighted by molar-refractivity contribution is 0.0944. The molecule has 0 saturated carbocycles. The number of carbonyl (C=O) groups excluding carboxylic acids is 1. The van der Waals surface area contributed by atoms with E-state index in [-0.39, 0.29) is 5.91 Å². The molecule has 0 aliphatic rings. The topological polar surface area (TPSA) is 46.1 Å². The van der Waals surface area contributed by atoms with Crippen molar-refractivity contribution in [3.63, 3.8) is 0 Å². The summed E-state index contributed by atoms with van der Waals surface area (Å²) in [6.07, 6.45) is 2.98. The van der Waals surface area contributed by atoms with Crippen LogP contribution in [0.15, 0.2) is 18.3 Å². The molecular formula is C13H23N3O. The zero-order chi connectivity index (χ0) is 12.7. The molecule has 1 rings (SSSR count). The highest BCUT2D eigenvalue weighted by Gasteiger charge is 2.09. The molecule has 0 unspecified atom stereocenters. The monoisotopic (exact) mass is 237 g/mol. The highest BCUT2D eigenvalue weighted by atomic mass is 16.1. The summed E-state index contributed by atoms with van der Waals surface area (Å²) in [4.78, 5) is 11.9. The lowest BCUT2D eigenvalue weighted by Crippen LogP contribution is -2.35. The van der Waals surface area contributed by atoms with Gasteiger partial charge >= 0.3 is 0 Å². The minimum absolute atomic E-state index is 0.00834. The normalized spacial score (nSPS) is 10.8. The molecule has 1 amide bonds. The lowest BCUT2D eigenvalue weighted by Gasteiger charge is -2.10. The first-order valence-electron chi connectivity index (χ1n) is 6.32. The molecule has 0 saturated heterocycles. The zero-order valence-electron chi connectivity index (χ0n) is 11.0. The van der Waals surface area contributed by atoms with E-state index in [1.54, 1.807) is 0 Å². The average molecular weight is 237 g/mol. The fourth-order valence-electron chi connectivity index (χ4n) is 1.68. The first kappa shape index (κ1) is 13.8. The van der Waals surface area contributed by atoms with Crippen LogP contribution in [-0.2, 0) is 6.54 Å². The maximum atomic E-state index is 11.9. The molecule has 0 bridgehead atoms. The van der Waals surface area contributed by atoms with Gasteiger partial charge in [-0.25, -0.2) is 0 Å². The van der Waals surface area contributed by atoms with E-state index < -0.39 is 0 Å². The van der Waals surface area contributed by atoms with Crippen molar-refractivity contribution in [2.75, 3.05) is 13.1 Å². The molecule has 4 heteroatoms. The van der Waals surface area contributed by atoms with Gasteiger partial charge in [0.15, 0.2) is 0 Å². The molecule has 17 heavy (non-hydrogen) atoms. The molecule has 0 aromatic carbocycles. The van der Waals surface area contributed by atoms with Gasteiger partial charge in [-0.1, -0.05) is 20.8 Å². The van der Waals surface area contributed by atoms with Crippen LogP contribution in [-0.4, -0.2) is 29.6 Å². The Morgan fingerprint density at radius 3 is 2.82 bits per heavy atom. The first-order valence-corrected chi connectivity index (χ1v) is 6.32. The Labute approximate surface area is 103 Å². The molecule has 0 spiro atoms. The van der Waals surface area contributed by atoms with Crippen LogP contribution in [0.1, 0.15) is 37.7 Å². The molecule has 2 N–H and O–H groups in total. The molecule has 1 aromatic rings. The number of aromatic nitrogens is 1. The van der Waals surface area contributed by atoms with E-state index in [0.717, 1.165) is 25.2 Å². The molecule has 96 valence electrons. The summed E-state index contributed by atoms with van der Waals surface area (Å²) in [6, 6.07) is 4.23. The van der Waals surface area contributed by atoms with E-state index in [1.807, 2.05) is 22.9 Å². The van der Waals surface area contributed by atoms with Gasteiger partial charge in [-0.2, -0.15) is 0 Å². The van der Waals surface area contributed by atoms with Crippen molar-refractivity contribution in [3.05, 3.63) is 24.0 Å². The second kappa shape index (κ2) is 7.12. The Kier molecular flexibility index (Phi) is 5.77. The summed E-state index contributed by atoms with van der Waals surface area (Å²) < 4.78 is 1.99. The highest BCUT2D eigenvalue weighted by molar-refractivity contribution is 5.92. The van der Waals surface area contributed by atoms with Crippen LogP contribution in [0.2, 0.25) is 0 Å². The van der Waals surface area contributed by atoms with Crippen molar-refractivity contribution >= 4 is 5.91 Å². The van der Waals surface area contributed by atoms with Crippen molar-refractivity contribution < 1.29 is 4.79 Å². The molecule has 4 nitrogen and oxygen atoms in total. The van der Waals surface area contributed by atoms with Gasteiger partial charge in [0.25, 0.3) is 5.91 Å². The van der Waals surface area contributed by atoms with Crippen LogP contribution in [0.3, 0.4) is 0 Å². The Morgan fingerprint density at radius 1 is 1.41 bits per heavy atom. The van der Waals surface area contributed by atoms with Gasteiger partial charge in [-0.3, -0.25) is 4.79 Å². The third-order valence-electron chi connectivity index (χ3n) is 2.49.